The first-order valence-electron chi connectivity index (χ1n) is 9.88. The summed E-state index contributed by atoms with van der Waals surface area (Å²) >= 11 is 0. The van der Waals surface area contributed by atoms with Gasteiger partial charge in [0, 0.05) is 17.5 Å². The van der Waals surface area contributed by atoms with Crippen molar-refractivity contribution in [2.24, 2.45) is 0 Å². The van der Waals surface area contributed by atoms with Crippen LogP contribution in [0.15, 0.2) is 59.9 Å². The number of allylic oxidation sites excluding steroid dienone is 1. The summed E-state index contributed by atoms with van der Waals surface area (Å²) in [5, 5.41) is 7.89. The lowest BCUT2D eigenvalue weighted by molar-refractivity contribution is -0.139. The van der Waals surface area contributed by atoms with Crippen molar-refractivity contribution >= 4 is 11.9 Å². The highest BCUT2D eigenvalue weighted by Crippen LogP contribution is 2.36. The minimum absolute atomic E-state index is 0.284. The van der Waals surface area contributed by atoms with Crippen LogP contribution in [0.3, 0.4) is 0 Å². The van der Waals surface area contributed by atoms with Gasteiger partial charge in [-0.2, -0.15) is 4.98 Å². The SMILES string of the molecule is CCOC(=O)C1=C(C)Nc2nc(-c3ccc(OCC)cc3)nn2C1c1ccccn1. The Labute approximate surface area is 174 Å². The molecule has 0 aliphatic carbocycles. The Bertz CT molecular complexity index is 1070. The van der Waals surface area contributed by atoms with Gasteiger partial charge in [-0.3, -0.25) is 4.98 Å². The number of carbonyl (C=O) groups excluding carboxylic acids is 1. The largest absolute Gasteiger partial charge is 0.494 e. The minimum Gasteiger partial charge on any atom is -0.494 e. The van der Waals surface area contributed by atoms with Gasteiger partial charge < -0.3 is 14.8 Å². The molecule has 0 saturated heterocycles. The predicted molar refractivity (Wildman–Crippen MR) is 112 cm³/mol. The van der Waals surface area contributed by atoms with Crippen molar-refractivity contribution in [3.8, 4) is 17.1 Å². The van der Waals surface area contributed by atoms with Gasteiger partial charge in [-0.25, -0.2) is 9.48 Å². The zero-order valence-corrected chi connectivity index (χ0v) is 17.1. The third-order valence-electron chi connectivity index (χ3n) is 4.74. The lowest BCUT2D eigenvalue weighted by Gasteiger charge is -2.27. The molecule has 2 aromatic heterocycles. The average molecular weight is 405 g/mol. The first-order chi connectivity index (χ1) is 14.6. The fourth-order valence-corrected chi connectivity index (χ4v) is 3.42. The number of nitrogens with zero attached hydrogens (tertiary/aromatic N) is 4. The van der Waals surface area contributed by atoms with Crippen LogP contribution in [-0.2, 0) is 9.53 Å². The molecule has 0 saturated carbocycles. The van der Waals surface area contributed by atoms with Crippen LogP contribution in [0, 0.1) is 0 Å². The number of anilines is 1. The molecule has 30 heavy (non-hydrogen) atoms. The lowest BCUT2D eigenvalue weighted by Crippen LogP contribution is -2.30. The van der Waals surface area contributed by atoms with Gasteiger partial charge in [-0.15, -0.1) is 5.10 Å². The number of esters is 1. The molecule has 4 rings (SSSR count). The van der Waals surface area contributed by atoms with E-state index in [4.69, 9.17) is 14.6 Å². The van der Waals surface area contributed by atoms with E-state index >= 15 is 0 Å². The highest BCUT2D eigenvalue weighted by atomic mass is 16.5. The second kappa shape index (κ2) is 8.36. The normalized spacial score (nSPS) is 15.4. The van der Waals surface area contributed by atoms with Crippen molar-refractivity contribution in [2.75, 3.05) is 18.5 Å². The number of ether oxygens (including phenoxy) is 2. The summed E-state index contributed by atoms with van der Waals surface area (Å²) in [6, 6.07) is 12.6. The van der Waals surface area contributed by atoms with Crippen molar-refractivity contribution < 1.29 is 14.3 Å². The van der Waals surface area contributed by atoms with E-state index in [0.29, 0.717) is 35.3 Å². The van der Waals surface area contributed by atoms with Gasteiger partial charge in [0.05, 0.1) is 24.5 Å². The van der Waals surface area contributed by atoms with E-state index in [1.807, 2.05) is 56.3 Å². The summed E-state index contributed by atoms with van der Waals surface area (Å²) in [4.78, 5) is 21.9. The number of fused-ring (bicyclic) bond motifs is 1. The van der Waals surface area contributed by atoms with Crippen LogP contribution >= 0.6 is 0 Å². The topological polar surface area (TPSA) is 91.2 Å². The van der Waals surface area contributed by atoms with E-state index in [1.165, 1.54) is 0 Å². The zero-order valence-electron chi connectivity index (χ0n) is 17.1. The maximum absolute atomic E-state index is 12.8. The van der Waals surface area contributed by atoms with Crippen molar-refractivity contribution in [3.05, 3.63) is 65.6 Å². The maximum atomic E-state index is 12.8. The van der Waals surface area contributed by atoms with E-state index in [1.54, 1.807) is 17.8 Å². The van der Waals surface area contributed by atoms with Crippen LogP contribution in [0.5, 0.6) is 5.75 Å². The van der Waals surface area contributed by atoms with Gasteiger partial charge in [0.1, 0.15) is 11.8 Å². The van der Waals surface area contributed by atoms with Crippen molar-refractivity contribution in [1.29, 1.82) is 0 Å². The average Bonchev–Trinajstić information content (AvgIpc) is 3.17. The Morgan fingerprint density at radius 1 is 1.13 bits per heavy atom. The van der Waals surface area contributed by atoms with E-state index < -0.39 is 12.0 Å². The summed E-state index contributed by atoms with van der Waals surface area (Å²) in [5.41, 5.74) is 2.66. The van der Waals surface area contributed by atoms with Gasteiger partial charge in [0.15, 0.2) is 5.82 Å². The third-order valence-corrected chi connectivity index (χ3v) is 4.74. The van der Waals surface area contributed by atoms with Gasteiger partial charge in [0.2, 0.25) is 5.95 Å². The highest BCUT2D eigenvalue weighted by molar-refractivity contribution is 5.92. The molecule has 0 amide bonds. The molecular weight excluding hydrogens is 382 g/mol. The number of hydrogen-bond acceptors (Lipinski definition) is 7. The number of aromatic nitrogens is 4. The smallest absolute Gasteiger partial charge is 0.338 e. The molecule has 3 heterocycles. The van der Waals surface area contributed by atoms with E-state index in [-0.39, 0.29) is 6.61 Å². The van der Waals surface area contributed by atoms with Gasteiger partial charge in [-0.1, -0.05) is 6.07 Å². The first-order valence-corrected chi connectivity index (χ1v) is 9.88. The standard InChI is InChI=1S/C22H23N5O3/c1-4-29-16-11-9-15(10-12-16)20-25-22-24-14(3)18(21(28)30-5-2)19(27(22)26-20)17-8-6-7-13-23-17/h6-13,19H,4-5H2,1-3H3,(H,24,25,26). The molecule has 0 spiro atoms. The molecule has 1 aliphatic rings. The zero-order chi connectivity index (χ0) is 21.1. The monoisotopic (exact) mass is 405 g/mol. The van der Waals surface area contributed by atoms with Crippen LogP contribution in [0.25, 0.3) is 11.4 Å². The third kappa shape index (κ3) is 3.63. The Balaban J connectivity index is 1.78. The molecule has 0 radical (unpaired) electrons. The van der Waals surface area contributed by atoms with Crippen molar-refractivity contribution in [1.82, 2.24) is 19.7 Å². The van der Waals surface area contributed by atoms with Crippen molar-refractivity contribution in [2.45, 2.75) is 26.8 Å². The molecule has 1 N–H and O–H groups in total. The summed E-state index contributed by atoms with van der Waals surface area (Å²) in [6.07, 6.45) is 1.69. The molecule has 0 fully saturated rings. The minimum atomic E-state index is -0.537. The summed E-state index contributed by atoms with van der Waals surface area (Å²) < 4.78 is 12.5. The Hall–Kier alpha value is -3.68. The molecule has 8 nitrogen and oxygen atoms in total. The van der Waals surface area contributed by atoms with E-state index in [0.717, 1.165) is 11.3 Å². The van der Waals surface area contributed by atoms with Gasteiger partial charge in [-0.05, 0) is 57.2 Å². The molecule has 1 aromatic carbocycles. The second-order valence-corrected chi connectivity index (χ2v) is 6.70. The van der Waals surface area contributed by atoms with Gasteiger partial charge >= 0.3 is 5.97 Å². The number of carbonyl (C=O) groups is 1. The molecule has 8 heteroatoms. The number of hydrogen-bond donors (Lipinski definition) is 1. The summed E-state index contributed by atoms with van der Waals surface area (Å²) in [7, 11) is 0. The van der Waals surface area contributed by atoms with Crippen LogP contribution in [-0.4, -0.2) is 38.9 Å². The lowest BCUT2D eigenvalue weighted by atomic mass is 10.00. The molecule has 1 unspecified atom stereocenters. The Morgan fingerprint density at radius 2 is 1.93 bits per heavy atom. The molecular formula is C22H23N5O3. The van der Waals surface area contributed by atoms with E-state index in [2.05, 4.69) is 15.3 Å². The van der Waals surface area contributed by atoms with Crippen LogP contribution in [0.4, 0.5) is 5.95 Å². The Morgan fingerprint density at radius 3 is 2.60 bits per heavy atom. The number of nitrogens with one attached hydrogen (secondary N) is 1. The molecule has 154 valence electrons. The quantitative estimate of drug-likeness (QED) is 0.627. The summed E-state index contributed by atoms with van der Waals surface area (Å²) in [6.45, 7) is 6.44. The highest BCUT2D eigenvalue weighted by Gasteiger charge is 2.36. The van der Waals surface area contributed by atoms with Crippen molar-refractivity contribution in [3.63, 3.8) is 0 Å². The van der Waals surface area contributed by atoms with Gasteiger partial charge in [0.25, 0.3) is 0 Å². The number of pyridine rings is 1. The molecule has 3 aromatic rings. The fourth-order valence-electron chi connectivity index (χ4n) is 3.42. The molecule has 1 aliphatic heterocycles. The van der Waals surface area contributed by atoms with Crippen LogP contribution in [0.2, 0.25) is 0 Å². The maximum Gasteiger partial charge on any atom is 0.338 e. The second-order valence-electron chi connectivity index (χ2n) is 6.70. The summed E-state index contributed by atoms with van der Waals surface area (Å²) in [5.74, 6) is 1.47. The first kappa shape index (κ1) is 19.6. The van der Waals surface area contributed by atoms with Crippen LogP contribution < -0.4 is 10.1 Å². The number of benzene rings is 1. The van der Waals surface area contributed by atoms with Crippen LogP contribution in [0.1, 0.15) is 32.5 Å². The molecule has 1 atom stereocenters. The van der Waals surface area contributed by atoms with E-state index in [9.17, 15) is 4.79 Å². The number of rotatable bonds is 6. The molecule has 0 bridgehead atoms. The predicted octanol–water partition coefficient (Wildman–Crippen LogP) is 3.59. The Kier molecular flexibility index (Phi) is 5.47. The fraction of sp³-hybridized carbons (Fsp3) is 0.273.